The van der Waals surface area contributed by atoms with Crippen molar-refractivity contribution in [3.05, 3.63) is 71.3 Å². The molecule has 0 aromatic heterocycles. The monoisotopic (exact) mass is 366 g/mol. The van der Waals surface area contributed by atoms with Crippen LogP contribution < -0.4 is 10.1 Å². The van der Waals surface area contributed by atoms with Gasteiger partial charge in [0.05, 0.1) is 20.3 Å². The standard InChI is InChI=1S/C22H26N2O3/c1-26-21-8-3-2-7-20(21)9-10-22(25)23-16-18-5-4-6-19(15-18)17-24-11-13-27-14-12-24/h2-10,15H,11-14,16-17H2,1H3,(H,23,25)/b10-9+. The van der Waals surface area contributed by atoms with Crippen LogP contribution in [0.4, 0.5) is 0 Å². The summed E-state index contributed by atoms with van der Waals surface area (Å²) in [5.41, 5.74) is 3.23. The molecule has 1 saturated heterocycles. The molecule has 0 aliphatic carbocycles. The van der Waals surface area contributed by atoms with Crippen LogP contribution in [-0.2, 0) is 22.6 Å². The summed E-state index contributed by atoms with van der Waals surface area (Å²) in [7, 11) is 1.62. The topological polar surface area (TPSA) is 50.8 Å². The van der Waals surface area contributed by atoms with Gasteiger partial charge in [0, 0.05) is 37.8 Å². The lowest BCUT2D eigenvalue weighted by atomic mass is 10.1. The fourth-order valence-electron chi connectivity index (χ4n) is 3.07. The van der Waals surface area contributed by atoms with Gasteiger partial charge in [-0.05, 0) is 23.3 Å². The van der Waals surface area contributed by atoms with Gasteiger partial charge in [0.15, 0.2) is 0 Å². The summed E-state index contributed by atoms with van der Waals surface area (Å²) >= 11 is 0. The first-order valence-electron chi connectivity index (χ1n) is 9.21. The predicted octanol–water partition coefficient (Wildman–Crippen LogP) is 2.86. The number of rotatable bonds is 7. The fourth-order valence-corrected chi connectivity index (χ4v) is 3.07. The average molecular weight is 366 g/mol. The van der Waals surface area contributed by atoms with E-state index in [1.54, 1.807) is 13.2 Å². The molecule has 0 radical (unpaired) electrons. The van der Waals surface area contributed by atoms with E-state index in [2.05, 4.69) is 22.3 Å². The van der Waals surface area contributed by atoms with E-state index in [-0.39, 0.29) is 5.91 Å². The maximum atomic E-state index is 12.1. The van der Waals surface area contributed by atoms with Crippen LogP contribution in [0, 0.1) is 0 Å². The van der Waals surface area contributed by atoms with Crippen molar-refractivity contribution in [1.82, 2.24) is 10.2 Å². The molecule has 1 aliphatic heterocycles. The smallest absolute Gasteiger partial charge is 0.244 e. The Morgan fingerprint density at radius 3 is 2.74 bits per heavy atom. The van der Waals surface area contributed by atoms with Gasteiger partial charge in [-0.15, -0.1) is 0 Å². The highest BCUT2D eigenvalue weighted by molar-refractivity contribution is 5.92. The lowest BCUT2D eigenvalue weighted by Gasteiger charge is -2.26. The number of nitrogens with one attached hydrogen (secondary N) is 1. The van der Waals surface area contributed by atoms with Crippen LogP contribution in [0.1, 0.15) is 16.7 Å². The molecule has 1 N–H and O–H groups in total. The molecule has 27 heavy (non-hydrogen) atoms. The van der Waals surface area contributed by atoms with Gasteiger partial charge in [-0.25, -0.2) is 0 Å². The van der Waals surface area contributed by atoms with Crippen LogP contribution in [-0.4, -0.2) is 44.2 Å². The van der Waals surface area contributed by atoms with Crippen LogP contribution in [0.25, 0.3) is 6.08 Å². The van der Waals surface area contributed by atoms with E-state index in [1.807, 2.05) is 36.4 Å². The molecule has 5 heteroatoms. The second kappa shape index (κ2) is 9.90. The van der Waals surface area contributed by atoms with Gasteiger partial charge in [0.2, 0.25) is 5.91 Å². The maximum absolute atomic E-state index is 12.1. The molecule has 0 saturated carbocycles. The Kier molecular flexibility index (Phi) is 7.02. The van der Waals surface area contributed by atoms with Gasteiger partial charge < -0.3 is 14.8 Å². The molecular formula is C22H26N2O3. The first kappa shape index (κ1) is 19.1. The number of benzene rings is 2. The minimum Gasteiger partial charge on any atom is -0.496 e. The molecule has 1 heterocycles. The van der Waals surface area contributed by atoms with E-state index in [9.17, 15) is 4.79 Å². The van der Waals surface area contributed by atoms with Gasteiger partial charge >= 0.3 is 0 Å². The summed E-state index contributed by atoms with van der Waals surface area (Å²) < 4.78 is 10.7. The van der Waals surface area contributed by atoms with E-state index in [0.29, 0.717) is 6.54 Å². The number of morpholine rings is 1. The molecule has 2 aromatic carbocycles. The molecule has 1 aliphatic rings. The molecular weight excluding hydrogens is 340 g/mol. The molecule has 1 amide bonds. The minimum atomic E-state index is -0.125. The van der Waals surface area contributed by atoms with E-state index < -0.39 is 0 Å². The molecule has 142 valence electrons. The van der Waals surface area contributed by atoms with Gasteiger partial charge in [0.1, 0.15) is 5.75 Å². The zero-order valence-electron chi connectivity index (χ0n) is 15.7. The second-order valence-corrected chi connectivity index (χ2v) is 6.50. The van der Waals surface area contributed by atoms with Gasteiger partial charge in [-0.1, -0.05) is 42.5 Å². The van der Waals surface area contributed by atoms with Crippen molar-refractivity contribution in [3.8, 4) is 5.75 Å². The highest BCUT2D eigenvalue weighted by atomic mass is 16.5. The molecule has 3 rings (SSSR count). The number of hydrogen-bond donors (Lipinski definition) is 1. The Labute approximate surface area is 160 Å². The third-order valence-corrected chi connectivity index (χ3v) is 4.52. The minimum absolute atomic E-state index is 0.125. The van der Waals surface area contributed by atoms with Crippen LogP contribution in [0.15, 0.2) is 54.6 Å². The van der Waals surface area contributed by atoms with Crippen molar-refractivity contribution in [2.45, 2.75) is 13.1 Å². The van der Waals surface area contributed by atoms with Gasteiger partial charge in [-0.2, -0.15) is 0 Å². The third kappa shape index (κ3) is 5.94. The van der Waals surface area contributed by atoms with E-state index in [4.69, 9.17) is 9.47 Å². The average Bonchev–Trinajstić information content (AvgIpc) is 2.72. The Morgan fingerprint density at radius 1 is 1.15 bits per heavy atom. The first-order valence-corrected chi connectivity index (χ1v) is 9.21. The molecule has 0 spiro atoms. The highest BCUT2D eigenvalue weighted by Gasteiger charge is 2.10. The molecule has 0 atom stereocenters. The van der Waals surface area contributed by atoms with Gasteiger partial charge in [-0.3, -0.25) is 9.69 Å². The van der Waals surface area contributed by atoms with E-state index >= 15 is 0 Å². The Hall–Kier alpha value is -2.63. The Bertz CT molecular complexity index is 783. The van der Waals surface area contributed by atoms with Crippen molar-refractivity contribution in [3.63, 3.8) is 0 Å². The van der Waals surface area contributed by atoms with Crippen LogP contribution in [0.5, 0.6) is 5.75 Å². The molecule has 1 fully saturated rings. The number of amides is 1. The van der Waals surface area contributed by atoms with E-state index in [1.165, 1.54) is 11.6 Å². The predicted molar refractivity (Wildman–Crippen MR) is 106 cm³/mol. The number of carbonyl (C=O) groups is 1. The number of methoxy groups -OCH3 is 1. The second-order valence-electron chi connectivity index (χ2n) is 6.50. The summed E-state index contributed by atoms with van der Waals surface area (Å²) in [6.45, 7) is 4.96. The molecule has 0 bridgehead atoms. The Balaban J connectivity index is 1.52. The zero-order chi connectivity index (χ0) is 18.9. The summed E-state index contributed by atoms with van der Waals surface area (Å²) in [5, 5.41) is 2.94. The zero-order valence-corrected chi connectivity index (χ0v) is 15.7. The number of ether oxygens (including phenoxy) is 2. The van der Waals surface area contributed by atoms with Crippen molar-refractivity contribution in [2.75, 3.05) is 33.4 Å². The summed E-state index contributed by atoms with van der Waals surface area (Å²) in [4.78, 5) is 14.5. The third-order valence-electron chi connectivity index (χ3n) is 4.52. The van der Waals surface area contributed by atoms with Gasteiger partial charge in [0.25, 0.3) is 0 Å². The summed E-state index contributed by atoms with van der Waals surface area (Å²) in [5.74, 6) is 0.622. The van der Waals surface area contributed by atoms with E-state index in [0.717, 1.165) is 49.7 Å². The first-order chi connectivity index (χ1) is 13.2. The van der Waals surface area contributed by atoms with Crippen molar-refractivity contribution in [1.29, 1.82) is 0 Å². The van der Waals surface area contributed by atoms with Crippen molar-refractivity contribution < 1.29 is 14.3 Å². The highest BCUT2D eigenvalue weighted by Crippen LogP contribution is 2.18. The lowest BCUT2D eigenvalue weighted by Crippen LogP contribution is -2.35. The SMILES string of the molecule is COc1ccccc1/C=C/C(=O)NCc1cccc(CN2CCOCC2)c1. The normalized spacial score (nSPS) is 15.0. The number of hydrogen-bond acceptors (Lipinski definition) is 4. The molecule has 0 unspecified atom stereocenters. The van der Waals surface area contributed by atoms with Crippen LogP contribution in [0.3, 0.4) is 0 Å². The van der Waals surface area contributed by atoms with Crippen LogP contribution >= 0.6 is 0 Å². The van der Waals surface area contributed by atoms with Crippen molar-refractivity contribution in [2.24, 2.45) is 0 Å². The molecule has 5 nitrogen and oxygen atoms in total. The number of nitrogens with zero attached hydrogens (tertiary/aromatic N) is 1. The summed E-state index contributed by atoms with van der Waals surface area (Å²) in [6.07, 6.45) is 3.30. The number of carbonyl (C=O) groups excluding carboxylic acids is 1. The lowest BCUT2D eigenvalue weighted by molar-refractivity contribution is -0.116. The van der Waals surface area contributed by atoms with Crippen LogP contribution in [0.2, 0.25) is 0 Å². The van der Waals surface area contributed by atoms with Crippen molar-refractivity contribution >= 4 is 12.0 Å². The summed E-state index contributed by atoms with van der Waals surface area (Å²) in [6, 6.07) is 16.0. The largest absolute Gasteiger partial charge is 0.496 e. The molecule has 2 aromatic rings. The quantitative estimate of drug-likeness (QED) is 0.766. The fraction of sp³-hybridized carbons (Fsp3) is 0.318. The maximum Gasteiger partial charge on any atom is 0.244 e. The Morgan fingerprint density at radius 2 is 1.93 bits per heavy atom. The number of para-hydroxylation sites is 1.